The summed E-state index contributed by atoms with van der Waals surface area (Å²) in [6.45, 7) is 1.17. The van der Waals surface area contributed by atoms with Crippen molar-refractivity contribution in [2.45, 2.75) is 31.5 Å². The summed E-state index contributed by atoms with van der Waals surface area (Å²) < 4.78 is 46.5. The zero-order chi connectivity index (χ0) is 19.6. The number of nitrogens with one attached hydrogen (secondary N) is 1. The van der Waals surface area contributed by atoms with Gasteiger partial charge in [-0.2, -0.15) is 0 Å². The fourth-order valence-electron chi connectivity index (χ4n) is 3.30. The maximum absolute atomic E-state index is 14.6. The van der Waals surface area contributed by atoms with Gasteiger partial charge < -0.3 is 15.0 Å². The molecule has 0 saturated carbocycles. The van der Waals surface area contributed by atoms with Crippen LogP contribution in [0.25, 0.3) is 0 Å². The molecule has 2 amide bonds. The third kappa shape index (κ3) is 4.28. The van der Waals surface area contributed by atoms with E-state index in [-0.39, 0.29) is 44.9 Å². The van der Waals surface area contributed by atoms with Crippen molar-refractivity contribution in [1.82, 2.24) is 5.32 Å². The van der Waals surface area contributed by atoms with Gasteiger partial charge in [0.1, 0.15) is 24.3 Å². The molecule has 1 aromatic carbocycles. The number of ether oxygens (including phenoxy) is 1. The largest absolute Gasteiger partial charge is 0.442 e. The second-order valence-corrected chi connectivity index (χ2v) is 6.96. The van der Waals surface area contributed by atoms with E-state index in [1.165, 1.54) is 24.0 Å². The molecule has 3 rings (SSSR count). The van der Waals surface area contributed by atoms with Crippen molar-refractivity contribution < 1.29 is 27.5 Å². The molecule has 2 saturated heterocycles. The Labute approximate surface area is 155 Å². The molecule has 2 fully saturated rings. The molecule has 9 heteroatoms. The van der Waals surface area contributed by atoms with Gasteiger partial charge in [0, 0.05) is 32.9 Å². The maximum Gasteiger partial charge on any atom is 0.414 e. The lowest BCUT2D eigenvalue weighted by Crippen LogP contribution is -2.43. The van der Waals surface area contributed by atoms with Crippen LogP contribution in [0, 0.1) is 5.82 Å². The van der Waals surface area contributed by atoms with Crippen LogP contribution in [0.1, 0.15) is 19.8 Å². The summed E-state index contributed by atoms with van der Waals surface area (Å²) in [5.41, 5.74) is -1.19. The van der Waals surface area contributed by atoms with Gasteiger partial charge in [-0.05, 0) is 18.2 Å². The zero-order valence-corrected chi connectivity index (χ0v) is 15.0. The topological polar surface area (TPSA) is 61.9 Å². The first kappa shape index (κ1) is 19.3. The summed E-state index contributed by atoms with van der Waals surface area (Å²) in [6, 6.07) is 4.34. The smallest absolute Gasteiger partial charge is 0.414 e. The van der Waals surface area contributed by atoms with Gasteiger partial charge in [-0.15, -0.1) is 0 Å². The average molecular weight is 385 g/mol. The molecule has 2 aliphatic rings. The van der Waals surface area contributed by atoms with E-state index in [2.05, 4.69) is 5.32 Å². The maximum atomic E-state index is 14.6. The van der Waals surface area contributed by atoms with Gasteiger partial charge in [-0.3, -0.25) is 9.69 Å². The third-order valence-electron chi connectivity index (χ3n) is 4.94. The predicted octanol–water partition coefficient (Wildman–Crippen LogP) is 2.57. The number of benzene rings is 1. The summed E-state index contributed by atoms with van der Waals surface area (Å²) in [4.78, 5) is 25.9. The number of alkyl halides is 2. The molecule has 2 heterocycles. The minimum atomic E-state index is -1.82. The number of amides is 2. The molecule has 148 valence electrons. The fourth-order valence-corrected chi connectivity index (χ4v) is 3.30. The predicted molar refractivity (Wildman–Crippen MR) is 94.0 cm³/mol. The van der Waals surface area contributed by atoms with E-state index in [4.69, 9.17) is 4.74 Å². The van der Waals surface area contributed by atoms with Crippen molar-refractivity contribution in [1.29, 1.82) is 0 Å². The normalized spacial score (nSPS) is 21.9. The molecular formula is C18H22F3N3O3. The first-order valence-corrected chi connectivity index (χ1v) is 8.83. The van der Waals surface area contributed by atoms with Crippen LogP contribution in [0.15, 0.2) is 18.2 Å². The minimum absolute atomic E-state index is 0.00791. The highest BCUT2D eigenvalue weighted by molar-refractivity contribution is 5.90. The lowest BCUT2D eigenvalue weighted by atomic mass is 9.94. The highest BCUT2D eigenvalue weighted by atomic mass is 19.2. The Bertz CT molecular complexity index is 723. The van der Waals surface area contributed by atoms with Crippen LogP contribution >= 0.6 is 0 Å². The van der Waals surface area contributed by atoms with Crippen LogP contribution in [0.2, 0.25) is 0 Å². The molecule has 1 unspecified atom stereocenters. The van der Waals surface area contributed by atoms with Crippen LogP contribution < -0.4 is 15.1 Å². The molecule has 0 aromatic heterocycles. The number of rotatable bonds is 5. The van der Waals surface area contributed by atoms with Crippen molar-refractivity contribution in [3.8, 4) is 0 Å². The molecule has 2 aliphatic heterocycles. The Kier molecular flexibility index (Phi) is 5.48. The number of hydrogen-bond donors (Lipinski definition) is 1. The highest BCUT2D eigenvalue weighted by Crippen LogP contribution is 2.33. The molecule has 1 atom stereocenters. The van der Waals surface area contributed by atoms with Gasteiger partial charge in [0.15, 0.2) is 0 Å². The van der Waals surface area contributed by atoms with Crippen molar-refractivity contribution >= 4 is 23.4 Å². The average Bonchev–Trinajstić information content (AvgIpc) is 3.02. The summed E-state index contributed by atoms with van der Waals surface area (Å²) >= 11 is 0. The standard InChI is InChI=1S/C18H22F3N3O3/c1-12(25)22-9-14-10-24(17(26)27-14)13-2-3-16(15(20)8-13)23-6-4-18(21,11-19)5-7-23/h2-3,8,14H,4-7,9-11H2,1H3,(H,22,25). The van der Waals surface area contributed by atoms with Gasteiger partial charge in [0.2, 0.25) is 5.91 Å². The Morgan fingerprint density at radius 3 is 2.67 bits per heavy atom. The van der Waals surface area contributed by atoms with Gasteiger partial charge in [-0.1, -0.05) is 0 Å². The molecule has 0 spiro atoms. The fraction of sp³-hybridized carbons (Fsp3) is 0.556. The van der Waals surface area contributed by atoms with Crippen molar-refractivity contribution in [2.75, 3.05) is 42.7 Å². The van der Waals surface area contributed by atoms with Crippen molar-refractivity contribution in [3.05, 3.63) is 24.0 Å². The molecule has 27 heavy (non-hydrogen) atoms. The first-order valence-electron chi connectivity index (χ1n) is 8.83. The van der Waals surface area contributed by atoms with Crippen LogP contribution in [0.3, 0.4) is 0 Å². The quantitative estimate of drug-likeness (QED) is 0.846. The number of cyclic esters (lactones) is 1. The van der Waals surface area contributed by atoms with E-state index in [9.17, 15) is 22.8 Å². The third-order valence-corrected chi connectivity index (χ3v) is 4.94. The Morgan fingerprint density at radius 1 is 1.37 bits per heavy atom. The number of carbonyl (C=O) groups is 2. The second-order valence-electron chi connectivity index (χ2n) is 6.96. The Hall–Kier alpha value is -2.45. The number of carbonyl (C=O) groups excluding carboxylic acids is 2. The zero-order valence-electron chi connectivity index (χ0n) is 15.0. The van der Waals surface area contributed by atoms with E-state index in [1.807, 2.05) is 0 Å². The van der Waals surface area contributed by atoms with E-state index < -0.39 is 30.4 Å². The van der Waals surface area contributed by atoms with E-state index >= 15 is 0 Å². The lowest BCUT2D eigenvalue weighted by molar-refractivity contribution is -0.119. The second kappa shape index (κ2) is 7.66. The number of anilines is 2. The number of halogens is 3. The minimum Gasteiger partial charge on any atom is -0.442 e. The monoisotopic (exact) mass is 385 g/mol. The lowest BCUT2D eigenvalue weighted by Gasteiger charge is -2.36. The van der Waals surface area contributed by atoms with Gasteiger partial charge in [0.05, 0.1) is 24.5 Å². The molecule has 0 aliphatic carbocycles. The number of piperidine rings is 1. The van der Waals surface area contributed by atoms with Gasteiger partial charge in [-0.25, -0.2) is 18.0 Å². The number of hydrogen-bond acceptors (Lipinski definition) is 4. The summed E-state index contributed by atoms with van der Waals surface area (Å²) in [5, 5.41) is 2.57. The highest BCUT2D eigenvalue weighted by Gasteiger charge is 2.36. The van der Waals surface area contributed by atoms with Gasteiger partial charge >= 0.3 is 6.09 Å². The van der Waals surface area contributed by atoms with Crippen LogP contribution in [-0.2, 0) is 9.53 Å². The summed E-state index contributed by atoms with van der Waals surface area (Å²) in [5.74, 6) is -0.774. The van der Waals surface area contributed by atoms with Crippen LogP contribution in [0.4, 0.5) is 29.3 Å². The molecule has 0 radical (unpaired) electrons. The number of nitrogens with zero attached hydrogens (tertiary/aromatic N) is 2. The van der Waals surface area contributed by atoms with Crippen molar-refractivity contribution in [2.24, 2.45) is 0 Å². The first-order chi connectivity index (χ1) is 12.8. The van der Waals surface area contributed by atoms with Crippen molar-refractivity contribution in [3.63, 3.8) is 0 Å². The van der Waals surface area contributed by atoms with E-state index in [1.54, 1.807) is 11.0 Å². The summed E-state index contributed by atoms with van der Waals surface area (Å²) in [7, 11) is 0. The molecule has 0 bridgehead atoms. The molecule has 1 aromatic rings. The molecule has 1 N–H and O–H groups in total. The SMILES string of the molecule is CC(=O)NCC1CN(c2ccc(N3CCC(F)(CF)CC3)c(F)c2)C(=O)O1. The summed E-state index contributed by atoms with van der Waals surface area (Å²) in [6.07, 6.45) is -1.10. The molecule has 6 nitrogen and oxygen atoms in total. The Morgan fingerprint density at radius 2 is 2.07 bits per heavy atom. The van der Waals surface area contributed by atoms with Crippen LogP contribution in [0.5, 0.6) is 0 Å². The van der Waals surface area contributed by atoms with Crippen LogP contribution in [-0.4, -0.2) is 56.6 Å². The van der Waals surface area contributed by atoms with E-state index in [0.717, 1.165) is 0 Å². The van der Waals surface area contributed by atoms with E-state index in [0.29, 0.717) is 11.4 Å². The molecular weight excluding hydrogens is 363 g/mol. The van der Waals surface area contributed by atoms with Gasteiger partial charge in [0.25, 0.3) is 0 Å². The Balaban J connectivity index is 1.67.